The van der Waals surface area contributed by atoms with Crippen LogP contribution < -0.4 is 5.32 Å². The van der Waals surface area contributed by atoms with Crippen molar-refractivity contribution in [3.05, 3.63) is 0 Å². The Bertz CT molecular complexity index is 522. The van der Waals surface area contributed by atoms with E-state index in [9.17, 15) is 9.59 Å². The lowest BCUT2D eigenvalue weighted by molar-refractivity contribution is -0.147. The van der Waals surface area contributed by atoms with Crippen LogP contribution in [0.15, 0.2) is 0 Å². The Kier molecular flexibility index (Phi) is 8.22. The third-order valence-electron chi connectivity index (χ3n) is 6.94. The van der Waals surface area contributed by atoms with Crippen molar-refractivity contribution in [2.24, 2.45) is 11.3 Å². The molecule has 1 aliphatic carbocycles. The van der Waals surface area contributed by atoms with E-state index in [1.807, 2.05) is 4.90 Å². The van der Waals surface area contributed by atoms with Gasteiger partial charge in [-0.15, -0.1) is 24.8 Å². The highest BCUT2D eigenvalue weighted by Crippen LogP contribution is 2.45. The molecule has 4 fully saturated rings. The number of hydrogen-bond donors (Lipinski definition) is 1. The smallest absolute Gasteiger partial charge is 0.236 e. The summed E-state index contributed by atoms with van der Waals surface area (Å²) in [6, 6.07) is 0. The van der Waals surface area contributed by atoms with E-state index in [0.717, 1.165) is 71.6 Å². The fraction of sp³-hybridized carbons (Fsp3) is 0.895. The van der Waals surface area contributed by atoms with E-state index in [1.165, 1.54) is 19.3 Å². The van der Waals surface area contributed by atoms with Crippen molar-refractivity contribution in [1.82, 2.24) is 20.0 Å². The zero-order valence-electron chi connectivity index (χ0n) is 16.2. The fourth-order valence-electron chi connectivity index (χ4n) is 5.35. The number of carbonyl (C=O) groups excluding carboxylic acids is 2. The van der Waals surface area contributed by atoms with Gasteiger partial charge in [-0.25, -0.2) is 0 Å². The van der Waals surface area contributed by atoms with Crippen LogP contribution >= 0.6 is 24.8 Å². The lowest BCUT2D eigenvalue weighted by Gasteiger charge is -2.43. The minimum absolute atomic E-state index is 0. The van der Waals surface area contributed by atoms with Gasteiger partial charge >= 0.3 is 0 Å². The molecule has 1 saturated carbocycles. The molecule has 0 aromatic rings. The molecule has 2 atom stereocenters. The maximum Gasteiger partial charge on any atom is 0.236 e. The molecule has 156 valence electrons. The molecule has 2 amide bonds. The van der Waals surface area contributed by atoms with Gasteiger partial charge in [-0.2, -0.15) is 0 Å². The molecule has 0 aromatic heterocycles. The van der Waals surface area contributed by atoms with Crippen molar-refractivity contribution in [2.75, 3.05) is 58.9 Å². The topological polar surface area (TPSA) is 55.9 Å². The Hall–Kier alpha value is -0.560. The number of rotatable bonds is 3. The zero-order valence-corrected chi connectivity index (χ0v) is 17.8. The molecule has 0 aromatic carbocycles. The van der Waals surface area contributed by atoms with E-state index in [1.54, 1.807) is 0 Å². The molecule has 0 unspecified atom stereocenters. The van der Waals surface area contributed by atoms with Gasteiger partial charge in [0.15, 0.2) is 0 Å². The van der Waals surface area contributed by atoms with Gasteiger partial charge in [0.25, 0.3) is 0 Å². The number of hydrogen-bond acceptors (Lipinski definition) is 4. The minimum atomic E-state index is -0.133. The van der Waals surface area contributed by atoms with Crippen LogP contribution in [-0.4, -0.2) is 85.4 Å². The van der Waals surface area contributed by atoms with Crippen molar-refractivity contribution in [1.29, 1.82) is 0 Å². The van der Waals surface area contributed by atoms with Crippen LogP contribution in [0.1, 0.15) is 38.5 Å². The van der Waals surface area contributed by atoms with Gasteiger partial charge in [0.05, 0.1) is 12.0 Å². The van der Waals surface area contributed by atoms with Crippen molar-refractivity contribution >= 4 is 36.6 Å². The number of piperazine rings is 1. The summed E-state index contributed by atoms with van der Waals surface area (Å²) < 4.78 is 0. The highest BCUT2D eigenvalue weighted by atomic mass is 35.5. The summed E-state index contributed by atoms with van der Waals surface area (Å²) in [5.41, 5.74) is -0.133. The Labute approximate surface area is 175 Å². The molecule has 6 nitrogen and oxygen atoms in total. The largest absolute Gasteiger partial charge is 0.342 e. The number of amides is 2. The first-order chi connectivity index (χ1) is 12.2. The second-order valence-electron chi connectivity index (χ2n) is 8.39. The van der Waals surface area contributed by atoms with Gasteiger partial charge in [0, 0.05) is 45.8 Å². The summed E-state index contributed by atoms with van der Waals surface area (Å²) >= 11 is 0. The molecule has 8 heteroatoms. The summed E-state index contributed by atoms with van der Waals surface area (Å²) in [6.45, 7) is 7.47. The van der Waals surface area contributed by atoms with E-state index >= 15 is 0 Å². The summed E-state index contributed by atoms with van der Waals surface area (Å²) in [6.07, 6.45) is 7.00. The van der Waals surface area contributed by atoms with Crippen molar-refractivity contribution < 1.29 is 9.59 Å². The van der Waals surface area contributed by atoms with Crippen LogP contribution in [0.4, 0.5) is 0 Å². The molecule has 0 spiro atoms. The highest BCUT2D eigenvalue weighted by Gasteiger charge is 2.51. The molecule has 3 saturated heterocycles. The molecule has 1 N–H and O–H groups in total. The van der Waals surface area contributed by atoms with Crippen LogP contribution in [0, 0.1) is 11.3 Å². The number of nitrogens with zero attached hydrogens (tertiary/aromatic N) is 3. The molecule has 4 aliphatic rings. The molecule has 3 aliphatic heterocycles. The number of carbonyl (C=O) groups is 2. The molecule has 3 heterocycles. The maximum absolute atomic E-state index is 13.3. The predicted octanol–water partition coefficient (Wildman–Crippen LogP) is 1.38. The fourth-order valence-corrected chi connectivity index (χ4v) is 5.35. The van der Waals surface area contributed by atoms with Crippen LogP contribution in [-0.2, 0) is 9.59 Å². The van der Waals surface area contributed by atoms with E-state index < -0.39 is 0 Å². The highest BCUT2D eigenvalue weighted by molar-refractivity contribution is 5.86. The van der Waals surface area contributed by atoms with Crippen LogP contribution in [0.2, 0.25) is 0 Å². The molecule has 27 heavy (non-hydrogen) atoms. The van der Waals surface area contributed by atoms with E-state index in [-0.39, 0.29) is 36.1 Å². The van der Waals surface area contributed by atoms with E-state index in [0.29, 0.717) is 18.4 Å². The van der Waals surface area contributed by atoms with Crippen LogP contribution in [0.25, 0.3) is 0 Å². The van der Waals surface area contributed by atoms with Crippen molar-refractivity contribution in [3.63, 3.8) is 0 Å². The standard InChI is InChI=1S/C19H32N4O2.2ClH/c24-17(22-7-3-4-8-22)14-21-9-11-23(12-10-21)18(25)19-6-2-1-5-16(19)13-20-15-19;;/h16,20H,1-15H2;2*1H/t16-,19+;;/m0../s1. The van der Waals surface area contributed by atoms with Crippen LogP contribution in [0.3, 0.4) is 0 Å². The molecule has 4 rings (SSSR count). The van der Waals surface area contributed by atoms with Gasteiger partial charge in [0.2, 0.25) is 11.8 Å². The molecule has 0 bridgehead atoms. The molecule has 0 radical (unpaired) electrons. The van der Waals surface area contributed by atoms with E-state index in [4.69, 9.17) is 0 Å². The lowest BCUT2D eigenvalue weighted by atomic mass is 9.67. The third kappa shape index (κ3) is 4.55. The SMILES string of the molecule is Cl.Cl.O=C(CN1CCN(C(=O)[C@@]23CCCC[C@H]2CNC3)CC1)N1CCCC1. The first kappa shape index (κ1) is 22.7. The second kappa shape index (κ2) is 9.77. The van der Waals surface area contributed by atoms with Gasteiger partial charge in [-0.3, -0.25) is 14.5 Å². The summed E-state index contributed by atoms with van der Waals surface area (Å²) in [7, 11) is 0. The Morgan fingerprint density at radius 1 is 0.889 bits per heavy atom. The quantitative estimate of drug-likeness (QED) is 0.748. The molecular weight excluding hydrogens is 387 g/mol. The van der Waals surface area contributed by atoms with E-state index in [2.05, 4.69) is 15.1 Å². The number of likely N-dealkylation sites (tertiary alicyclic amines) is 1. The third-order valence-corrected chi connectivity index (χ3v) is 6.94. The molecular formula is C19H34Cl2N4O2. The monoisotopic (exact) mass is 420 g/mol. The van der Waals surface area contributed by atoms with Gasteiger partial charge < -0.3 is 15.1 Å². The average molecular weight is 421 g/mol. The first-order valence-electron chi connectivity index (χ1n) is 10.2. The summed E-state index contributed by atoms with van der Waals surface area (Å²) in [5, 5.41) is 3.48. The van der Waals surface area contributed by atoms with Crippen LogP contribution in [0.5, 0.6) is 0 Å². The first-order valence-corrected chi connectivity index (χ1v) is 10.2. The summed E-state index contributed by atoms with van der Waals surface area (Å²) in [4.78, 5) is 31.9. The Balaban J connectivity index is 0.00000131. The maximum atomic E-state index is 13.3. The Morgan fingerprint density at radius 2 is 1.59 bits per heavy atom. The number of fused-ring (bicyclic) bond motifs is 1. The predicted molar refractivity (Wildman–Crippen MR) is 111 cm³/mol. The average Bonchev–Trinajstić information content (AvgIpc) is 3.32. The van der Waals surface area contributed by atoms with Gasteiger partial charge in [-0.05, 0) is 38.1 Å². The Morgan fingerprint density at radius 3 is 2.30 bits per heavy atom. The minimum Gasteiger partial charge on any atom is -0.342 e. The number of nitrogens with one attached hydrogen (secondary N) is 1. The van der Waals surface area contributed by atoms with Crippen molar-refractivity contribution in [2.45, 2.75) is 38.5 Å². The zero-order chi connectivity index (χ0) is 17.3. The van der Waals surface area contributed by atoms with Gasteiger partial charge in [-0.1, -0.05) is 12.8 Å². The summed E-state index contributed by atoms with van der Waals surface area (Å²) in [5.74, 6) is 1.18. The van der Waals surface area contributed by atoms with Gasteiger partial charge in [0.1, 0.15) is 0 Å². The number of halogens is 2. The van der Waals surface area contributed by atoms with Crippen molar-refractivity contribution in [3.8, 4) is 0 Å². The second-order valence-corrected chi connectivity index (χ2v) is 8.39. The normalized spacial score (nSPS) is 31.0. The lowest BCUT2D eigenvalue weighted by Crippen LogP contribution is -2.56.